The molecule has 0 aliphatic rings. The Morgan fingerprint density at radius 1 is 1.67 bits per heavy atom. The van der Waals surface area contributed by atoms with Crippen LogP contribution in [0.5, 0.6) is 0 Å². The molecule has 15 heavy (non-hydrogen) atoms. The molecule has 5 nitrogen and oxygen atoms in total. The summed E-state index contributed by atoms with van der Waals surface area (Å²) >= 11 is 7.33. The lowest BCUT2D eigenvalue weighted by molar-refractivity contribution is 0.101. The molecule has 78 valence electrons. The van der Waals surface area contributed by atoms with E-state index in [-0.39, 0.29) is 11.1 Å². The Morgan fingerprint density at radius 2 is 2.40 bits per heavy atom. The van der Waals surface area contributed by atoms with Gasteiger partial charge in [0, 0.05) is 4.90 Å². The van der Waals surface area contributed by atoms with Crippen LogP contribution in [0.1, 0.15) is 10.5 Å². The fraction of sp³-hybridized carbons (Fsp3) is 0.125. The van der Waals surface area contributed by atoms with Crippen molar-refractivity contribution in [2.24, 2.45) is 0 Å². The highest BCUT2D eigenvalue weighted by atomic mass is 79.9. The number of nitrogens with zero attached hydrogens (tertiary/aromatic N) is 3. The van der Waals surface area contributed by atoms with Gasteiger partial charge in [0.2, 0.25) is 0 Å². The van der Waals surface area contributed by atoms with E-state index in [0.717, 1.165) is 0 Å². The maximum atomic E-state index is 11.5. The van der Waals surface area contributed by atoms with Gasteiger partial charge in [0.15, 0.2) is 11.6 Å². The SMILES string of the molecule is Nc1ncnn2c(C(=O)CBr)cc(S)c12. The van der Waals surface area contributed by atoms with Crippen molar-refractivity contribution in [2.45, 2.75) is 4.90 Å². The first-order valence-corrected chi connectivity index (χ1v) is 5.62. The van der Waals surface area contributed by atoms with Crippen molar-refractivity contribution in [3.63, 3.8) is 0 Å². The van der Waals surface area contributed by atoms with Crippen LogP contribution in [0, 0.1) is 0 Å². The third-order valence-corrected chi connectivity index (χ3v) is 2.82. The molecule has 0 saturated carbocycles. The van der Waals surface area contributed by atoms with E-state index in [4.69, 9.17) is 5.73 Å². The van der Waals surface area contributed by atoms with Crippen molar-refractivity contribution in [3.05, 3.63) is 18.1 Å². The molecule has 0 radical (unpaired) electrons. The Hall–Kier alpha value is -1.08. The molecule has 0 atom stereocenters. The number of nitrogens with two attached hydrogens (primary N) is 1. The number of rotatable bonds is 2. The van der Waals surface area contributed by atoms with Crippen LogP contribution in [-0.4, -0.2) is 25.7 Å². The van der Waals surface area contributed by atoms with Crippen LogP contribution in [0.4, 0.5) is 5.82 Å². The Kier molecular flexibility index (Phi) is 2.66. The summed E-state index contributed by atoms with van der Waals surface area (Å²) in [6.45, 7) is 0. The molecule has 0 saturated heterocycles. The summed E-state index contributed by atoms with van der Waals surface area (Å²) in [6, 6.07) is 1.63. The number of alkyl halides is 1. The number of Topliss-reactive ketones (excluding diaryl/α,β-unsaturated/α-hetero) is 1. The minimum absolute atomic E-state index is 0.0802. The van der Waals surface area contributed by atoms with Crippen molar-refractivity contribution in [3.8, 4) is 0 Å². The third-order valence-electron chi connectivity index (χ3n) is 1.97. The molecule has 0 aliphatic heterocycles. The van der Waals surface area contributed by atoms with E-state index in [2.05, 4.69) is 38.6 Å². The molecule has 0 aliphatic carbocycles. The van der Waals surface area contributed by atoms with Crippen molar-refractivity contribution < 1.29 is 4.79 Å². The van der Waals surface area contributed by atoms with E-state index in [1.165, 1.54) is 10.8 Å². The summed E-state index contributed by atoms with van der Waals surface area (Å²) in [5, 5.41) is 4.20. The number of hydrogen-bond donors (Lipinski definition) is 2. The fourth-order valence-corrected chi connectivity index (χ4v) is 1.93. The Bertz CT molecular complexity index is 539. The largest absolute Gasteiger partial charge is 0.382 e. The number of carbonyl (C=O) groups excluding carboxylic acids is 1. The van der Waals surface area contributed by atoms with Gasteiger partial charge in [-0.1, -0.05) is 15.9 Å². The number of anilines is 1. The van der Waals surface area contributed by atoms with Gasteiger partial charge in [-0.3, -0.25) is 4.79 Å². The second kappa shape index (κ2) is 3.82. The van der Waals surface area contributed by atoms with Gasteiger partial charge in [0.25, 0.3) is 0 Å². The molecule has 0 spiro atoms. The highest BCUT2D eigenvalue weighted by Gasteiger charge is 2.15. The van der Waals surface area contributed by atoms with Crippen LogP contribution in [0.15, 0.2) is 17.3 Å². The lowest BCUT2D eigenvalue weighted by Crippen LogP contribution is -2.08. The van der Waals surface area contributed by atoms with Gasteiger partial charge in [-0.15, -0.1) is 12.6 Å². The topological polar surface area (TPSA) is 73.3 Å². The molecule has 0 amide bonds. The smallest absolute Gasteiger partial charge is 0.191 e. The summed E-state index contributed by atoms with van der Waals surface area (Å²) in [4.78, 5) is 16.0. The van der Waals surface area contributed by atoms with Crippen molar-refractivity contribution in [2.75, 3.05) is 11.1 Å². The molecule has 2 aromatic rings. The number of aromatic nitrogens is 3. The van der Waals surface area contributed by atoms with E-state index in [1.54, 1.807) is 6.07 Å². The first-order chi connectivity index (χ1) is 7.15. The van der Waals surface area contributed by atoms with E-state index >= 15 is 0 Å². The Labute approximate surface area is 99.2 Å². The predicted octanol–water partition coefficient (Wildman–Crippen LogP) is 1.18. The van der Waals surface area contributed by atoms with Gasteiger partial charge < -0.3 is 5.73 Å². The Morgan fingerprint density at radius 3 is 3.07 bits per heavy atom. The normalized spacial score (nSPS) is 10.8. The molecular weight excluding hydrogens is 280 g/mol. The summed E-state index contributed by atoms with van der Waals surface area (Å²) in [7, 11) is 0. The average Bonchev–Trinajstić information content (AvgIpc) is 2.56. The lowest BCUT2D eigenvalue weighted by Gasteiger charge is -1.99. The summed E-state index contributed by atoms with van der Waals surface area (Å²) < 4.78 is 1.45. The number of carbonyl (C=O) groups is 1. The second-order valence-corrected chi connectivity index (χ2v) is 3.92. The molecule has 0 aromatic carbocycles. The van der Waals surface area contributed by atoms with Gasteiger partial charge in [-0.2, -0.15) is 5.10 Å². The zero-order valence-electron chi connectivity index (χ0n) is 7.51. The fourth-order valence-electron chi connectivity index (χ4n) is 1.32. The molecule has 0 unspecified atom stereocenters. The lowest BCUT2D eigenvalue weighted by atomic mass is 10.3. The quantitative estimate of drug-likeness (QED) is 0.494. The number of ketones is 1. The van der Waals surface area contributed by atoms with Crippen LogP contribution >= 0.6 is 28.6 Å². The highest BCUT2D eigenvalue weighted by molar-refractivity contribution is 9.09. The molecule has 0 fully saturated rings. The average molecular weight is 287 g/mol. The summed E-state index contributed by atoms with van der Waals surface area (Å²) in [5.74, 6) is 0.229. The van der Waals surface area contributed by atoms with E-state index in [9.17, 15) is 4.79 Å². The summed E-state index contributed by atoms with van der Waals surface area (Å²) in [6.07, 6.45) is 1.31. The number of halogens is 1. The zero-order valence-corrected chi connectivity index (χ0v) is 9.99. The number of thiol groups is 1. The van der Waals surface area contributed by atoms with Crippen LogP contribution in [-0.2, 0) is 0 Å². The molecule has 2 rings (SSSR count). The van der Waals surface area contributed by atoms with Crippen molar-refractivity contribution in [1.29, 1.82) is 0 Å². The Balaban J connectivity index is 2.79. The third kappa shape index (κ3) is 1.61. The minimum atomic E-state index is -0.0802. The van der Waals surface area contributed by atoms with Crippen molar-refractivity contribution in [1.82, 2.24) is 14.6 Å². The zero-order chi connectivity index (χ0) is 11.0. The molecule has 7 heteroatoms. The molecule has 0 bridgehead atoms. The highest BCUT2D eigenvalue weighted by Crippen LogP contribution is 2.23. The van der Waals surface area contributed by atoms with E-state index in [0.29, 0.717) is 21.9 Å². The standard InChI is InChI=1S/C8H7BrN4OS/c9-2-5(14)4-1-6(15)7-8(10)11-3-12-13(4)7/h1,3,15H,2H2,(H2,10,11,12). The van der Waals surface area contributed by atoms with Gasteiger partial charge in [-0.05, 0) is 6.07 Å². The van der Waals surface area contributed by atoms with E-state index in [1.807, 2.05) is 0 Å². The minimum Gasteiger partial charge on any atom is -0.382 e. The number of nitrogen functional groups attached to an aromatic ring is 1. The first-order valence-electron chi connectivity index (χ1n) is 4.05. The number of fused-ring (bicyclic) bond motifs is 1. The molecular formula is C8H7BrN4OS. The predicted molar refractivity (Wildman–Crippen MR) is 62.8 cm³/mol. The van der Waals surface area contributed by atoms with Crippen molar-refractivity contribution >= 4 is 45.7 Å². The number of hydrogen-bond acceptors (Lipinski definition) is 5. The molecule has 2 heterocycles. The van der Waals surface area contributed by atoms with Crippen LogP contribution in [0.2, 0.25) is 0 Å². The molecule has 2 aromatic heterocycles. The van der Waals surface area contributed by atoms with Gasteiger partial charge in [-0.25, -0.2) is 9.50 Å². The van der Waals surface area contributed by atoms with Crippen LogP contribution < -0.4 is 5.73 Å². The van der Waals surface area contributed by atoms with Gasteiger partial charge in [0.05, 0.1) is 5.33 Å². The molecule has 2 N–H and O–H groups in total. The summed E-state index contributed by atoms with van der Waals surface area (Å²) in [5.41, 5.74) is 6.67. The first kappa shape index (κ1) is 10.4. The van der Waals surface area contributed by atoms with Gasteiger partial charge in [0.1, 0.15) is 17.5 Å². The maximum absolute atomic E-state index is 11.5. The van der Waals surface area contributed by atoms with Crippen LogP contribution in [0.25, 0.3) is 5.52 Å². The second-order valence-electron chi connectivity index (χ2n) is 2.88. The maximum Gasteiger partial charge on any atom is 0.191 e. The van der Waals surface area contributed by atoms with E-state index < -0.39 is 0 Å². The van der Waals surface area contributed by atoms with Gasteiger partial charge >= 0.3 is 0 Å². The van der Waals surface area contributed by atoms with Crippen LogP contribution in [0.3, 0.4) is 0 Å². The monoisotopic (exact) mass is 286 g/mol.